The maximum Gasteiger partial charge on any atom is 0.472 e. The summed E-state index contributed by atoms with van der Waals surface area (Å²) in [7, 11) is -10.0. The van der Waals surface area contributed by atoms with Crippen molar-refractivity contribution in [2.75, 3.05) is 39.6 Å². The number of phosphoric acid groups is 2. The number of rotatable bonds is 76. The van der Waals surface area contributed by atoms with Crippen molar-refractivity contribution in [3.8, 4) is 0 Å². The minimum absolute atomic E-state index is 0.0114. The fourth-order valence-electron chi connectivity index (χ4n) is 10.3. The predicted octanol–water partition coefficient (Wildman–Crippen LogP) is 24.9. The molecule has 19 heteroatoms. The van der Waals surface area contributed by atoms with Gasteiger partial charge in [0.1, 0.15) is 19.3 Å². The van der Waals surface area contributed by atoms with Crippen LogP contribution in [-0.4, -0.2) is 96.7 Å². The second-order valence-electron chi connectivity index (χ2n) is 27.0. The molecule has 0 fully saturated rings. The van der Waals surface area contributed by atoms with E-state index in [0.717, 1.165) is 116 Å². The molecule has 0 aliphatic carbocycles. The molecular formula is C91H146O17P2. The van der Waals surface area contributed by atoms with Gasteiger partial charge in [-0.25, -0.2) is 9.13 Å². The van der Waals surface area contributed by atoms with Crippen LogP contribution in [0.3, 0.4) is 0 Å². The van der Waals surface area contributed by atoms with Crippen LogP contribution in [0.15, 0.2) is 194 Å². The monoisotopic (exact) mass is 1570 g/mol. The van der Waals surface area contributed by atoms with Gasteiger partial charge < -0.3 is 33.8 Å². The Morgan fingerprint density at radius 2 is 0.500 bits per heavy atom. The van der Waals surface area contributed by atoms with E-state index in [4.69, 9.17) is 37.0 Å². The Balaban J connectivity index is 5.57. The van der Waals surface area contributed by atoms with Crippen LogP contribution in [0.25, 0.3) is 0 Å². The van der Waals surface area contributed by atoms with Gasteiger partial charge >= 0.3 is 39.5 Å². The average molecular weight is 1570 g/mol. The maximum absolute atomic E-state index is 13.1. The van der Waals surface area contributed by atoms with E-state index in [1.54, 1.807) is 0 Å². The van der Waals surface area contributed by atoms with Crippen LogP contribution in [-0.2, 0) is 65.4 Å². The zero-order valence-electron chi connectivity index (χ0n) is 68.1. The molecular weight excluding hydrogens is 1430 g/mol. The average Bonchev–Trinajstić information content (AvgIpc) is 0.900. The molecule has 17 nitrogen and oxygen atoms in total. The van der Waals surface area contributed by atoms with Crippen molar-refractivity contribution >= 4 is 39.5 Å². The summed E-state index contributed by atoms with van der Waals surface area (Å²) in [4.78, 5) is 73.1. The highest BCUT2D eigenvalue weighted by Crippen LogP contribution is 2.45. The highest BCUT2D eigenvalue weighted by molar-refractivity contribution is 7.47. The van der Waals surface area contributed by atoms with Gasteiger partial charge in [0.2, 0.25) is 0 Å². The lowest BCUT2D eigenvalue weighted by Crippen LogP contribution is -2.30. The first-order valence-corrected chi connectivity index (χ1v) is 44.7. The molecule has 0 aliphatic rings. The Kier molecular flexibility index (Phi) is 76.4. The summed E-state index contributed by atoms with van der Waals surface area (Å²) in [6.07, 6.45) is 100. The van der Waals surface area contributed by atoms with E-state index >= 15 is 0 Å². The van der Waals surface area contributed by atoms with Gasteiger partial charge in [-0.1, -0.05) is 325 Å². The van der Waals surface area contributed by atoms with Crippen LogP contribution in [0.2, 0.25) is 0 Å². The van der Waals surface area contributed by atoms with Gasteiger partial charge in [0.25, 0.3) is 0 Å². The number of hydrogen-bond acceptors (Lipinski definition) is 15. The summed E-state index contributed by atoms with van der Waals surface area (Å²) < 4.78 is 68.5. The molecule has 0 saturated carbocycles. The van der Waals surface area contributed by atoms with Crippen LogP contribution in [0, 0.1) is 0 Å². The molecule has 0 aliphatic heterocycles. The van der Waals surface area contributed by atoms with Crippen molar-refractivity contribution in [2.45, 2.75) is 316 Å². The van der Waals surface area contributed by atoms with Gasteiger partial charge in [0.05, 0.1) is 26.4 Å². The van der Waals surface area contributed by atoms with Crippen molar-refractivity contribution < 1.29 is 80.2 Å². The molecule has 3 N–H and O–H groups in total. The van der Waals surface area contributed by atoms with Crippen molar-refractivity contribution in [1.29, 1.82) is 0 Å². The molecule has 0 heterocycles. The largest absolute Gasteiger partial charge is 0.472 e. The molecule has 0 aromatic carbocycles. The van der Waals surface area contributed by atoms with E-state index in [-0.39, 0.29) is 25.7 Å². The zero-order valence-corrected chi connectivity index (χ0v) is 69.9. The van der Waals surface area contributed by atoms with E-state index in [2.05, 4.69) is 174 Å². The molecule has 5 atom stereocenters. The molecule has 0 saturated heterocycles. The SMILES string of the molecule is CC/C=C\C/C=C\C/C=C\C/C=C\C/C=C\C/C=C\CCC(=O)OC[C@H](COP(=O)(O)OC[C@@H](O)COP(=O)(O)OC[C@@H](COC(=O)CCC/C=C\C/C=C\C/C=C\C/C=C\CCCCC)OC(=O)CCCCCCCCCCCCCCCCC)OC(=O)CC/C=C\C/C=C\C/C=C\C/C=C\C/C=C\C/C=C\CC. The molecule has 0 aromatic rings. The summed E-state index contributed by atoms with van der Waals surface area (Å²) in [5.41, 5.74) is 0. The number of carbonyl (C=O) groups is 4. The molecule has 0 aromatic heterocycles. The Hall–Kier alpha value is -6.10. The normalized spacial score (nSPS) is 14.8. The Morgan fingerprint density at radius 1 is 0.264 bits per heavy atom. The predicted molar refractivity (Wildman–Crippen MR) is 454 cm³/mol. The summed E-state index contributed by atoms with van der Waals surface area (Å²) in [5.74, 6) is -2.45. The Bertz CT molecular complexity index is 2850. The summed E-state index contributed by atoms with van der Waals surface area (Å²) in [6, 6.07) is 0. The third-order valence-electron chi connectivity index (χ3n) is 16.6. The fraction of sp³-hybridized carbons (Fsp3) is 0.604. The van der Waals surface area contributed by atoms with Crippen molar-refractivity contribution in [3.05, 3.63) is 194 Å². The lowest BCUT2D eigenvalue weighted by atomic mass is 10.0. The van der Waals surface area contributed by atoms with Crippen LogP contribution in [0.4, 0.5) is 0 Å². The van der Waals surface area contributed by atoms with Gasteiger partial charge in [0.15, 0.2) is 12.2 Å². The minimum atomic E-state index is -5.03. The fourth-order valence-corrected chi connectivity index (χ4v) is 11.9. The highest BCUT2D eigenvalue weighted by Gasteiger charge is 2.30. The van der Waals surface area contributed by atoms with Gasteiger partial charge in [-0.3, -0.25) is 37.3 Å². The molecule has 0 amide bonds. The summed E-state index contributed by atoms with van der Waals surface area (Å²) >= 11 is 0. The van der Waals surface area contributed by atoms with Gasteiger partial charge in [-0.15, -0.1) is 0 Å². The van der Waals surface area contributed by atoms with Gasteiger partial charge in [-0.05, 0) is 141 Å². The number of aliphatic hydroxyl groups excluding tert-OH is 1. The van der Waals surface area contributed by atoms with Crippen molar-refractivity contribution in [1.82, 2.24) is 0 Å². The molecule has 0 radical (unpaired) electrons. The molecule has 2 unspecified atom stereocenters. The Labute approximate surface area is 666 Å². The number of phosphoric ester groups is 2. The van der Waals surface area contributed by atoms with E-state index in [1.807, 2.05) is 48.6 Å². The first-order valence-electron chi connectivity index (χ1n) is 41.7. The number of carbonyl (C=O) groups excluding carboxylic acids is 4. The number of allylic oxidation sites excluding steroid dienone is 32. The van der Waals surface area contributed by atoms with Crippen LogP contribution >= 0.6 is 15.6 Å². The van der Waals surface area contributed by atoms with Crippen molar-refractivity contribution in [2.24, 2.45) is 0 Å². The molecule has 110 heavy (non-hydrogen) atoms. The number of aliphatic hydroxyl groups is 1. The van der Waals surface area contributed by atoms with Crippen LogP contribution < -0.4 is 0 Å². The van der Waals surface area contributed by atoms with E-state index < -0.39 is 97.5 Å². The first kappa shape index (κ1) is 104. The van der Waals surface area contributed by atoms with Crippen LogP contribution in [0.5, 0.6) is 0 Å². The van der Waals surface area contributed by atoms with E-state index in [9.17, 15) is 43.2 Å². The number of ether oxygens (including phenoxy) is 4. The molecule has 0 bridgehead atoms. The number of esters is 4. The van der Waals surface area contributed by atoms with Gasteiger partial charge in [0, 0.05) is 25.7 Å². The van der Waals surface area contributed by atoms with Gasteiger partial charge in [-0.2, -0.15) is 0 Å². The third-order valence-corrected chi connectivity index (χ3v) is 18.5. The zero-order chi connectivity index (χ0) is 80.3. The second kappa shape index (κ2) is 80.9. The lowest BCUT2D eigenvalue weighted by molar-refractivity contribution is -0.161. The number of hydrogen-bond donors (Lipinski definition) is 3. The Morgan fingerprint density at radius 3 is 0.827 bits per heavy atom. The quantitative estimate of drug-likeness (QED) is 0.0169. The van der Waals surface area contributed by atoms with E-state index in [0.29, 0.717) is 44.9 Å². The summed E-state index contributed by atoms with van der Waals surface area (Å²) in [5, 5.41) is 10.7. The lowest BCUT2D eigenvalue weighted by Gasteiger charge is -2.21. The third kappa shape index (κ3) is 80.0. The second-order valence-corrected chi connectivity index (χ2v) is 29.9. The molecule has 0 rings (SSSR count). The first-order chi connectivity index (χ1) is 53.7. The molecule has 0 spiro atoms. The van der Waals surface area contributed by atoms with Crippen LogP contribution in [0.1, 0.15) is 297 Å². The standard InChI is InChI=1S/C91H146O17P2/c1-5-9-13-17-21-25-29-33-37-40-42-45-49-52-56-60-64-68-72-76-89(94)102-82-87(108-91(96)78-74-70-66-62-58-54-50-46-43-41-38-34-30-26-22-18-14-10-6-2)84-106-110(99,100)104-80-85(92)79-103-109(97,98)105-83-86(107-90(95)77-73-69-65-61-57-53-47-36-32-28-24-20-16-12-8-4)81-101-88(93)75-71-67-63-59-55-51-48-44-39-35-31-27-23-19-15-11-7-3/h9-10,13-14,21-23,25-27,33-35,37-39,42-43,45-46,48,51-52,54,56,58-59,63-64,66,68,70,85-87,92H,5-8,11-12,15-20,24,28-32,36,40-41,44,47,49-50,53,55,57,60-62,65,67,69,71-84H2,1-4H3,(H,97,98)(H,99,100)/b13-9-,14-10-,25-21-,26-22-,27-23-,37-33-,38-34-,39-35-,45-42-,46-43-,51-48-,56-52-,58-54-,63-59-,68-64-,70-66-/t85-,86+,87+/m0/s1. The smallest absolute Gasteiger partial charge is 0.462 e. The van der Waals surface area contributed by atoms with Crippen molar-refractivity contribution in [3.63, 3.8) is 0 Å². The topological polar surface area (TPSA) is 237 Å². The number of unbranched alkanes of at least 4 members (excludes halogenated alkanes) is 18. The maximum atomic E-state index is 13.1. The highest BCUT2D eigenvalue weighted by atomic mass is 31.2. The molecule has 622 valence electrons. The minimum Gasteiger partial charge on any atom is -0.462 e. The summed E-state index contributed by atoms with van der Waals surface area (Å²) in [6.45, 7) is 4.38. The van der Waals surface area contributed by atoms with E-state index in [1.165, 1.54) is 83.5 Å².